The van der Waals surface area contributed by atoms with E-state index in [9.17, 15) is 19.8 Å². The first-order chi connectivity index (χ1) is 15.0. The van der Waals surface area contributed by atoms with Gasteiger partial charge in [-0.2, -0.15) is 0 Å². The summed E-state index contributed by atoms with van der Waals surface area (Å²) in [5.41, 5.74) is 6.76. The maximum Gasteiger partial charge on any atom is 0.306 e. The van der Waals surface area contributed by atoms with Gasteiger partial charge in [-0.3, -0.25) is 9.59 Å². The lowest BCUT2D eigenvalue weighted by Crippen LogP contribution is -2.61. The molecule has 0 radical (unpaired) electrons. The maximum atomic E-state index is 12.3. The van der Waals surface area contributed by atoms with Crippen LogP contribution in [0.5, 0.6) is 0 Å². The first-order valence-corrected chi connectivity index (χ1v) is 10.4. The number of ether oxygens (including phenoxy) is 4. The average molecular weight is 491 g/mol. The molecular formula is C22H35ClN2O8. The number of rotatable bonds is 8. The van der Waals surface area contributed by atoms with Gasteiger partial charge in [0, 0.05) is 19.6 Å². The van der Waals surface area contributed by atoms with Crippen LogP contribution in [0.1, 0.15) is 32.3 Å². The normalized spacial score (nSPS) is 27.5. The van der Waals surface area contributed by atoms with E-state index in [1.807, 2.05) is 30.3 Å². The molecule has 33 heavy (non-hydrogen) atoms. The van der Waals surface area contributed by atoms with E-state index in [-0.39, 0.29) is 45.8 Å². The third-order valence-electron chi connectivity index (χ3n) is 5.24. The Labute approximate surface area is 200 Å². The van der Waals surface area contributed by atoms with Crippen molar-refractivity contribution in [1.29, 1.82) is 0 Å². The fourth-order valence-electron chi connectivity index (χ4n) is 3.44. The predicted molar refractivity (Wildman–Crippen MR) is 121 cm³/mol. The second-order valence-corrected chi connectivity index (χ2v) is 7.62. The molecule has 1 aromatic rings. The molecule has 1 amide bonds. The molecule has 0 saturated carbocycles. The van der Waals surface area contributed by atoms with E-state index < -0.39 is 48.6 Å². The number of amides is 1. The summed E-state index contributed by atoms with van der Waals surface area (Å²) >= 11 is 0. The Balaban J connectivity index is 0.00000272. The molecule has 188 valence electrons. The van der Waals surface area contributed by atoms with E-state index in [2.05, 4.69) is 5.32 Å². The Hall–Kier alpha value is -1.79. The van der Waals surface area contributed by atoms with Crippen LogP contribution in [0.2, 0.25) is 0 Å². The number of nitrogens with one attached hydrogen (secondary N) is 1. The van der Waals surface area contributed by atoms with Gasteiger partial charge in [0.05, 0.1) is 12.6 Å². The van der Waals surface area contributed by atoms with E-state index in [4.69, 9.17) is 24.7 Å². The van der Waals surface area contributed by atoms with Crippen molar-refractivity contribution in [1.82, 2.24) is 5.32 Å². The second kappa shape index (κ2) is 14.5. The number of aliphatic hydroxyl groups excluding tert-OH is 2. The summed E-state index contributed by atoms with van der Waals surface area (Å²) in [4.78, 5) is 24.2. The standard InChI is InChI=1S/C21H30N2O8.CH4.ClH/c22-14(7-8-16(24)30-12-13-5-2-1-3-6-13)20(27)23-11-15-19-17(25)18(26)21(31-15)29-10-4-9-28-19;;/h1-3,5-6,14-15,17-19,21,25-26H,4,7-12,22H2,(H,23,27);1H4;1H/t14-,15?,17?,18?,19?,21?;;/m0../s1. The van der Waals surface area contributed by atoms with Crippen LogP contribution in [0.4, 0.5) is 0 Å². The molecule has 10 nitrogen and oxygen atoms in total. The number of esters is 1. The molecule has 0 aliphatic carbocycles. The van der Waals surface area contributed by atoms with Crippen molar-refractivity contribution in [2.24, 2.45) is 5.73 Å². The van der Waals surface area contributed by atoms with Crippen LogP contribution in [0, 0.1) is 0 Å². The Morgan fingerprint density at radius 2 is 1.85 bits per heavy atom. The van der Waals surface area contributed by atoms with Gasteiger partial charge >= 0.3 is 5.97 Å². The zero-order chi connectivity index (χ0) is 22.2. The Bertz CT molecular complexity index is 724. The fourth-order valence-corrected chi connectivity index (χ4v) is 3.44. The molecule has 0 spiro atoms. The van der Waals surface area contributed by atoms with Crippen molar-refractivity contribution in [2.45, 2.75) is 70.0 Å². The van der Waals surface area contributed by atoms with E-state index >= 15 is 0 Å². The van der Waals surface area contributed by atoms with Gasteiger partial charge in [0.25, 0.3) is 0 Å². The number of hydrogen-bond acceptors (Lipinski definition) is 9. The van der Waals surface area contributed by atoms with Crippen molar-refractivity contribution in [3.8, 4) is 0 Å². The molecule has 5 unspecified atom stereocenters. The molecule has 3 fully saturated rings. The van der Waals surface area contributed by atoms with Crippen molar-refractivity contribution in [3.05, 3.63) is 35.9 Å². The summed E-state index contributed by atoms with van der Waals surface area (Å²) in [6, 6.07) is 8.37. The van der Waals surface area contributed by atoms with Gasteiger partial charge in [0.15, 0.2) is 6.29 Å². The Morgan fingerprint density at radius 3 is 2.58 bits per heavy atom. The molecule has 3 aliphatic heterocycles. The van der Waals surface area contributed by atoms with Crippen molar-refractivity contribution < 1.29 is 38.7 Å². The summed E-state index contributed by atoms with van der Waals surface area (Å²) in [6.45, 7) is 0.837. The minimum Gasteiger partial charge on any atom is -0.461 e. The van der Waals surface area contributed by atoms with Crippen LogP contribution in [-0.2, 0) is 35.1 Å². The summed E-state index contributed by atoms with van der Waals surface area (Å²) in [7, 11) is 0. The number of benzene rings is 1. The number of fused-ring (bicyclic) bond motifs is 6. The molecule has 0 aromatic heterocycles. The topological polar surface area (TPSA) is 150 Å². The van der Waals surface area contributed by atoms with Gasteiger partial charge in [-0.15, -0.1) is 12.4 Å². The molecule has 1 aromatic carbocycles. The number of aliphatic hydroxyl groups is 2. The average Bonchev–Trinajstić information content (AvgIpc) is 2.92. The number of nitrogens with two attached hydrogens (primary N) is 1. The third-order valence-corrected chi connectivity index (χ3v) is 5.24. The number of carbonyl (C=O) groups is 2. The maximum absolute atomic E-state index is 12.3. The van der Waals surface area contributed by atoms with Gasteiger partial charge in [0.2, 0.25) is 5.91 Å². The highest BCUT2D eigenvalue weighted by molar-refractivity contribution is 5.85. The third kappa shape index (κ3) is 8.49. The van der Waals surface area contributed by atoms with Crippen LogP contribution in [0.25, 0.3) is 0 Å². The van der Waals surface area contributed by atoms with Gasteiger partial charge in [0.1, 0.15) is 31.0 Å². The van der Waals surface area contributed by atoms with Crippen LogP contribution in [0.15, 0.2) is 30.3 Å². The molecule has 4 rings (SSSR count). The monoisotopic (exact) mass is 490 g/mol. The minimum absolute atomic E-state index is 0. The predicted octanol–water partition coefficient (Wildman–Crippen LogP) is 0.264. The van der Waals surface area contributed by atoms with E-state index in [1.54, 1.807) is 0 Å². The van der Waals surface area contributed by atoms with Gasteiger partial charge in [-0.25, -0.2) is 0 Å². The van der Waals surface area contributed by atoms with Crippen molar-refractivity contribution in [3.63, 3.8) is 0 Å². The lowest BCUT2D eigenvalue weighted by molar-refractivity contribution is -0.292. The first kappa shape index (κ1) is 29.2. The number of hydrogen-bond donors (Lipinski definition) is 4. The summed E-state index contributed by atoms with van der Waals surface area (Å²) < 4.78 is 21.9. The van der Waals surface area contributed by atoms with Crippen LogP contribution in [0.3, 0.4) is 0 Å². The first-order valence-electron chi connectivity index (χ1n) is 10.4. The summed E-state index contributed by atoms with van der Waals surface area (Å²) in [6.07, 6.45) is -4.23. The van der Waals surface area contributed by atoms with Gasteiger partial charge < -0.3 is 40.2 Å². The minimum atomic E-state index is -1.24. The lowest BCUT2D eigenvalue weighted by atomic mass is 9.98. The van der Waals surface area contributed by atoms with Crippen LogP contribution < -0.4 is 11.1 Å². The number of carbonyl (C=O) groups excluding carboxylic acids is 2. The van der Waals surface area contributed by atoms with E-state index in [0.717, 1.165) is 5.56 Å². The van der Waals surface area contributed by atoms with Gasteiger partial charge in [-0.05, 0) is 18.4 Å². The Kier molecular flexibility index (Phi) is 12.8. The highest BCUT2D eigenvalue weighted by Crippen LogP contribution is 2.26. The smallest absolute Gasteiger partial charge is 0.306 e. The molecule has 3 saturated heterocycles. The summed E-state index contributed by atoms with van der Waals surface area (Å²) in [5.74, 6) is -0.905. The van der Waals surface area contributed by atoms with Crippen LogP contribution >= 0.6 is 12.4 Å². The quantitative estimate of drug-likeness (QED) is 0.376. The molecule has 11 heteroatoms. The SMILES string of the molecule is C.Cl.N[C@@H](CCC(=O)OCc1ccccc1)C(=O)NCC1OC2OCCCOC1C(O)C2O. The highest BCUT2D eigenvalue weighted by atomic mass is 35.5. The molecule has 3 aliphatic rings. The second-order valence-electron chi connectivity index (χ2n) is 7.62. The molecule has 2 bridgehead atoms. The zero-order valence-corrected chi connectivity index (χ0v) is 18.4. The molecular weight excluding hydrogens is 456 g/mol. The molecule has 6 atom stereocenters. The highest BCUT2D eigenvalue weighted by Gasteiger charge is 2.46. The van der Waals surface area contributed by atoms with Crippen LogP contribution in [-0.4, -0.2) is 78.6 Å². The molecule has 3 heterocycles. The number of halogens is 1. The summed E-state index contributed by atoms with van der Waals surface area (Å²) in [5, 5.41) is 23.0. The zero-order valence-electron chi connectivity index (χ0n) is 17.6. The fraction of sp³-hybridized carbons (Fsp3) is 0.636. The van der Waals surface area contributed by atoms with E-state index in [1.165, 1.54) is 0 Å². The largest absolute Gasteiger partial charge is 0.461 e. The lowest BCUT2D eigenvalue weighted by Gasteiger charge is -2.41. The Morgan fingerprint density at radius 1 is 1.15 bits per heavy atom. The van der Waals surface area contributed by atoms with E-state index in [0.29, 0.717) is 19.6 Å². The van der Waals surface area contributed by atoms with Crippen molar-refractivity contribution in [2.75, 3.05) is 19.8 Å². The van der Waals surface area contributed by atoms with Crippen molar-refractivity contribution >= 4 is 24.3 Å². The van der Waals surface area contributed by atoms with Gasteiger partial charge in [-0.1, -0.05) is 37.8 Å². The molecule has 5 N–H and O–H groups in total.